The Balaban J connectivity index is 1.95. The number of H-pyrrole nitrogens is 1. The van der Waals surface area contributed by atoms with Gasteiger partial charge >= 0.3 is 0 Å². The number of aromatic nitrogens is 2. The molecule has 3 rings (SSSR count). The minimum absolute atomic E-state index is 0.217. The number of nitrogens with one attached hydrogen (secondary N) is 2. The summed E-state index contributed by atoms with van der Waals surface area (Å²) in [6, 6.07) is 5.48. The Labute approximate surface area is 141 Å². The number of aryl methyl sites for hydroxylation is 2. The molecular weight excluding hydrogens is 330 g/mol. The Morgan fingerprint density at radius 2 is 1.83 bits per heavy atom. The maximum Gasteiger partial charge on any atom is 0.245 e. The number of ether oxygens (including phenoxy) is 2. The lowest BCUT2D eigenvalue weighted by molar-refractivity contribution is 0.354. The lowest BCUT2D eigenvalue weighted by Crippen LogP contribution is -2.35. The number of hydrogen-bond donors (Lipinski definition) is 2. The fraction of sp³-hybridized carbons (Fsp3) is 0.438. The van der Waals surface area contributed by atoms with E-state index in [1.807, 2.05) is 12.1 Å². The quantitative estimate of drug-likeness (QED) is 0.830. The summed E-state index contributed by atoms with van der Waals surface area (Å²) in [5.74, 6) is 1.19. The van der Waals surface area contributed by atoms with Gasteiger partial charge in [0, 0.05) is 0 Å². The number of benzene rings is 1. The molecule has 1 aliphatic carbocycles. The van der Waals surface area contributed by atoms with Crippen LogP contribution in [0.1, 0.15) is 29.8 Å². The molecule has 1 fully saturated rings. The van der Waals surface area contributed by atoms with E-state index >= 15 is 0 Å². The van der Waals surface area contributed by atoms with Crippen LogP contribution in [-0.2, 0) is 15.6 Å². The number of aromatic amines is 1. The molecule has 8 heteroatoms. The summed E-state index contributed by atoms with van der Waals surface area (Å²) >= 11 is 0. The summed E-state index contributed by atoms with van der Waals surface area (Å²) in [6.07, 6.45) is 1.47. The van der Waals surface area contributed by atoms with Gasteiger partial charge in [-0.1, -0.05) is 6.07 Å². The Morgan fingerprint density at radius 1 is 1.17 bits per heavy atom. The van der Waals surface area contributed by atoms with Crippen molar-refractivity contribution in [2.75, 3.05) is 14.2 Å². The van der Waals surface area contributed by atoms with E-state index in [2.05, 4.69) is 14.9 Å². The van der Waals surface area contributed by atoms with E-state index in [-0.39, 0.29) is 4.90 Å². The fourth-order valence-electron chi connectivity index (χ4n) is 2.95. The number of hydrogen-bond acceptors (Lipinski definition) is 5. The van der Waals surface area contributed by atoms with E-state index < -0.39 is 15.6 Å². The van der Waals surface area contributed by atoms with Gasteiger partial charge in [-0.3, -0.25) is 5.10 Å². The average Bonchev–Trinajstić information content (AvgIpc) is 3.23. The van der Waals surface area contributed by atoms with Crippen LogP contribution < -0.4 is 14.2 Å². The molecule has 1 saturated carbocycles. The van der Waals surface area contributed by atoms with Gasteiger partial charge in [0.15, 0.2) is 11.5 Å². The molecule has 2 aromatic rings. The Morgan fingerprint density at radius 3 is 2.33 bits per heavy atom. The minimum atomic E-state index is -3.67. The van der Waals surface area contributed by atoms with E-state index in [0.717, 1.165) is 18.4 Å². The van der Waals surface area contributed by atoms with E-state index in [1.165, 1.54) is 0 Å². The Kier molecular flexibility index (Phi) is 4.05. The SMILES string of the molecule is COc1ccc(C2(NS(=O)(=O)c3c(C)n[nH]c3C)CC2)cc1OC. The molecule has 0 amide bonds. The predicted molar refractivity (Wildman–Crippen MR) is 88.8 cm³/mol. The van der Waals surface area contributed by atoms with Gasteiger partial charge in [0.2, 0.25) is 10.0 Å². The summed E-state index contributed by atoms with van der Waals surface area (Å²) in [7, 11) is -0.547. The molecular formula is C16H21N3O4S. The molecule has 130 valence electrons. The molecule has 0 saturated heterocycles. The van der Waals surface area contributed by atoms with Crippen molar-refractivity contribution in [1.82, 2.24) is 14.9 Å². The summed E-state index contributed by atoms with van der Waals surface area (Å²) in [6.45, 7) is 3.37. The van der Waals surface area contributed by atoms with Crippen LogP contribution in [0.15, 0.2) is 23.1 Å². The van der Waals surface area contributed by atoms with Crippen molar-refractivity contribution in [2.45, 2.75) is 37.1 Å². The smallest absolute Gasteiger partial charge is 0.245 e. The van der Waals surface area contributed by atoms with Crippen LogP contribution in [0.4, 0.5) is 0 Å². The maximum atomic E-state index is 12.8. The van der Waals surface area contributed by atoms with Gasteiger partial charge in [-0.25, -0.2) is 13.1 Å². The van der Waals surface area contributed by atoms with E-state index in [4.69, 9.17) is 9.47 Å². The Hall–Kier alpha value is -2.06. The third-order valence-electron chi connectivity index (χ3n) is 4.35. The topological polar surface area (TPSA) is 93.3 Å². The number of sulfonamides is 1. The molecule has 1 aromatic heterocycles. The monoisotopic (exact) mass is 351 g/mol. The van der Waals surface area contributed by atoms with Crippen LogP contribution in [0.25, 0.3) is 0 Å². The van der Waals surface area contributed by atoms with E-state index in [1.54, 1.807) is 34.1 Å². The normalized spacial score (nSPS) is 16.0. The van der Waals surface area contributed by atoms with Crippen molar-refractivity contribution in [2.24, 2.45) is 0 Å². The molecule has 0 bridgehead atoms. The highest BCUT2D eigenvalue weighted by Gasteiger charge is 2.48. The van der Waals surface area contributed by atoms with Gasteiger partial charge in [0.05, 0.1) is 31.1 Å². The number of methoxy groups -OCH3 is 2. The predicted octanol–water partition coefficient (Wildman–Crippen LogP) is 2.01. The first-order valence-electron chi connectivity index (χ1n) is 7.61. The van der Waals surface area contributed by atoms with Gasteiger partial charge in [-0.15, -0.1) is 0 Å². The molecule has 0 spiro atoms. The highest BCUT2D eigenvalue weighted by atomic mass is 32.2. The molecule has 0 radical (unpaired) electrons. The van der Waals surface area contributed by atoms with Gasteiger partial charge in [0.25, 0.3) is 0 Å². The zero-order chi connectivity index (χ0) is 17.5. The molecule has 7 nitrogen and oxygen atoms in total. The van der Waals surface area contributed by atoms with Crippen molar-refractivity contribution < 1.29 is 17.9 Å². The lowest BCUT2D eigenvalue weighted by Gasteiger charge is -2.19. The van der Waals surface area contributed by atoms with Crippen molar-refractivity contribution >= 4 is 10.0 Å². The fourth-order valence-corrected chi connectivity index (χ4v) is 4.78. The molecule has 2 N–H and O–H groups in total. The van der Waals surface area contributed by atoms with Crippen molar-refractivity contribution in [3.8, 4) is 11.5 Å². The summed E-state index contributed by atoms with van der Waals surface area (Å²) < 4.78 is 39.0. The first kappa shape index (κ1) is 16.8. The van der Waals surface area contributed by atoms with Crippen LogP contribution in [0, 0.1) is 13.8 Å². The van der Waals surface area contributed by atoms with Crippen molar-refractivity contribution in [3.63, 3.8) is 0 Å². The summed E-state index contributed by atoms with van der Waals surface area (Å²) in [4.78, 5) is 0.217. The lowest BCUT2D eigenvalue weighted by atomic mass is 10.1. The van der Waals surface area contributed by atoms with E-state index in [9.17, 15) is 8.42 Å². The minimum Gasteiger partial charge on any atom is -0.493 e. The average molecular weight is 351 g/mol. The maximum absolute atomic E-state index is 12.8. The van der Waals surface area contributed by atoms with Crippen LogP contribution in [0.2, 0.25) is 0 Å². The van der Waals surface area contributed by atoms with Gasteiger partial charge < -0.3 is 9.47 Å². The summed E-state index contributed by atoms with van der Waals surface area (Å²) in [5.41, 5.74) is 1.25. The van der Waals surface area contributed by atoms with Crippen LogP contribution >= 0.6 is 0 Å². The molecule has 1 aromatic carbocycles. The van der Waals surface area contributed by atoms with Crippen LogP contribution in [-0.4, -0.2) is 32.8 Å². The molecule has 0 unspecified atom stereocenters. The number of nitrogens with zero attached hydrogens (tertiary/aromatic N) is 1. The first-order chi connectivity index (χ1) is 11.3. The third-order valence-corrected chi connectivity index (χ3v) is 6.14. The molecule has 0 atom stereocenters. The van der Waals surface area contributed by atoms with Crippen LogP contribution in [0.3, 0.4) is 0 Å². The second-order valence-corrected chi connectivity index (χ2v) is 7.64. The second kappa shape index (κ2) is 5.78. The molecule has 1 heterocycles. The van der Waals surface area contributed by atoms with Gasteiger partial charge in [-0.05, 0) is 44.4 Å². The van der Waals surface area contributed by atoms with Gasteiger partial charge in [-0.2, -0.15) is 5.10 Å². The molecule has 1 aliphatic rings. The zero-order valence-electron chi connectivity index (χ0n) is 14.1. The number of rotatable bonds is 6. The molecule has 24 heavy (non-hydrogen) atoms. The van der Waals surface area contributed by atoms with Gasteiger partial charge in [0.1, 0.15) is 4.90 Å². The second-order valence-electron chi connectivity index (χ2n) is 6.02. The highest BCUT2D eigenvalue weighted by Crippen LogP contribution is 2.48. The molecule has 0 aliphatic heterocycles. The summed E-state index contributed by atoms with van der Waals surface area (Å²) in [5, 5.41) is 6.69. The van der Waals surface area contributed by atoms with Crippen LogP contribution in [0.5, 0.6) is 11.5 Å². The Bertz CT molecular complexity index is 850. The third kappa shape index (κ3) is 2.76. The highest BCUT2D eigenvalue weighted by molar-refractivity contribution is 7.89. The standard InChI is InChI=1S/C16H21N3O4S/c1-10-15(11(2)18-17-10)24(20,21)19-16(7-8-16)12-5-6-13(22-3)14(9-12)23-4/h5-6,9,19H,7-8H2,1-4H3,(H,17,18). The first-order valence-corrected chi connectivity index (χ1v) is 9.09. The largest absolute Gasteiger partial charge is 0.493 e. The van der Waals surface area contributed by atoms with Crippen molar-refractivity contribution in [3.05, 3.63) is 35.2 Å². The zero-order valence-corrected chi connectivity index (χ0v) is 15.0. The van der Waals surface area contributed by atoms with Crippen molar-refractivity contribution in [1.29, 1.82) is 0 Å². The van der Waals surface area contributed by atoms with E-state index in [0.29, 0.717) is 22.9 Å².